The van der Waals surface area contributed by atoms with Crippen molar-refractivity contribution >= 4 is 17.7 Å². The fraction of sp³-hybridized carbons (Fsp3) is 0.417. The first-order valence-corrected chi connectivity index (χ1v) is 10.3. The molecule has 1 N–H and O–H groups in total. The van der Waals surface area contributed by atoms with E-state index in [9.17, 15) is 5.11 Å². The van der Waals surface area contributed by atoms with E-state index in [4.69, 9.17) is 11.6 Å². The summed E-state index contributed by atoms with van der Waals surface area (Å²) < 4.78 is 0. The summed E-state index contributed by atoms with van der Waals surface area (Å²) in [5.41, 5.74) is 3.61. The minimum atomic E-state index is -0.387. The maximum absolute atomic E-state index is 11.2. The predicted octanol–water partition coefficient (Wildman–Crippen LogP) is 5.62. The molecule has 3 unspecified atom stereocenters. The van der Waals surface area contributed by atoms with Crippen LogP contribution in [0.4, 0.5) is 0 Å². The molecular weight excluding hydrogens is 354 g/mol. The smallest absolute Gasteiger partial charge is 0.0787 e. The highest BCUT2D eigenvalue weighted by Crippen LogP contribution is 2.41. The summed E-state index contributed by atoms with van der Waals surface area (Å²) in [7, 11) is 4.23. The lowest BCUT2D eigenvalue weighted by atomic mass is 9.71. The van der Waals surface area contributed by atoms with Crippen LogP contribution in [0, 0.1) is 5.92 Å². The van der Waals surface area contributed by atoms with E-state index in [0.29, 0.717) is 5.92 Å². The van der Waals surface area contributed by atoms with Gasteiger partial charge in [0.2, 0.25) is 0 Å². The number of rotatable bonds is 6. The molecule has 1 fully saturated rings. The van der Waals surface area contributed by atoms with Gasteiger partial charge in [0.25, 0.3) is 0 Å². The lowest BCUT2D eigenvalue weighted by Crippen LogP contribution is -2.33. The van der Waals surface area contributed by atoms with Gasteiger partial charge in [-0.15, -0.1) is 0 Å². The van der Waals surface area contributed by atoms with Crippen molar-refractivity contribution in [2.24, 2.45) is 5.92 Å². The molecule has 3 atom stereocenters. The number of hydrogen-bond donors (Lipinski definition) is 1. The van der Waals surface area contributed by atoms with E-state index in [2.05, 4.69) is 55.4 Å². The third kappa shape index (κ3) is 5.44. The van der Waals surface area contributed by atoms with Crippen molar-refractivity contribution in [2.45, 2.75) is 37.7 Å². The molecule has 0 saturated heterocycles. The monoisotopic (exact) mass is 383 g/mol. The molecule has 0 aromatic heterocycles. The van der Waals surface area contributed by atoms with Crippen molar-refractivity contribution in [3.8, 4) is 0 Å². The summed E-state index contributed by atoms with van der Waals surface area (Å²) in [6.07, 6.45) is 6.00. The average molecular weight is 384 g/mol. The van der Waals surface area contributed by atoms with E-state index in [0.717, 1.165) is 48.4 Å². The van der Waals surface area contributed by atoms with Gasteiger partial charge in [0.1, 0.15) is 0 Å². The van der Waals surface area contributed by atoms with Gasteiger partial charge in [-0.2, -0.15) is 0 Å². The molecule has 2 aromatic carbocycles. The second kappa shape index (κ2) is 9.54. The number of aliphatic hydroxyl groups excluding tert-OH is 1. The van der Waals surface area contributed by atoms with Gasteiger partial charge >= 0.3 is 0 Å². The van der Waals surface area contributed by atoms with Crippen molar-refractivity contribution in [1.29, 1.82) is 0 Å². The molecule has 0 amide bonds. The Kier molecular flexibility index (Phi) is 7.12. The largest absolute Gasteiger partial charge is 0.388 e. The maximum Gasteiger partial charge on any atom is 0.0787 e. The molecule has 0 spiro atoms. The fourth-order valence-electron chi connectivity index (χ4n) is 4.20. The Hall–Kier alpha value is -1.61. The Morgan fingerprint density at radius 2 is 1.81 bits per heavy atom. The molecule has 3 heteroatoms. The van der Waals surface area contributed by atoms with E-state index in [1.807, 2.05) is 24.3 Å². The summed E-state index contributed by atoms with van der Waals surface area (Å²) in [5, 5.41) is 12.0. The van der Waals surface area contributed by atoms with E-state index in [1.54, 1.807) is 0 Å². The molecule has 0 heterocycles. The molecule has 0 aliphatic heterocycles. The number of aliphatic hydroxyl groups is 1. The van der Waals surface area contributed by atoms with Crippen molar-refractivity contribution < 1.29 is 5.11 Å². The third-order valence-electron chi connectivity index (χ3n) is 5.64. The van der Waals surface area contributed by atoms with E-state index >= 15 is 0 Å². The van der Waals surface area contributed by atoms with Crippen LogP contribution in [0.2, 0.25) is 5.02 Å². The maximum atomic E-state index is 11.2. The first-order valence-electron chi connectivity index (χ1n) is 9.88. The van der Waals surface area contributed by atoms with Crippen molar-refractivity contribution in [1.82, 2.24) is 4.90 Å². The molecule has 3 rings (SSSR count). The highest BCUT2D eigenvalue weighted by molar-refractivity contribution is 6.30. The van der Waals surface area contributed by atoms with Crippen LogP contribution in [0.25, 0.3) is 6.08 Å². The molecule has 0 radical (unpaired) electrons. The van der Waals surface area contributed by atoms with Gasteiger partial charge in [0.15, 0.2) is 0 Å². The summed E-state index contributed by atoms with van der Waals surface area (Å²) in [4.78, 5) is 2.23. The second-order valence-electron chi connectivity index (χ2n) is 7.88. The van der Waals surface area contributed by atoms with Gasteiger partial charge in [0.05, 0.1) is 6.10 Å². The molecule has 144 valence electrons. The Morgan fingerprint density at radius 3 is 2.48 bits per heavy atom. The molecular formula is C24H30ClNO. The van der Waals surface area contributed by atoms with Crippen LogP contribution in [0.5, 0.6) is 0 Å². The first kappa shape index (κ1) is 20.1. The lowest BCUT2D eigenvalue weighted by Gasteiger charge is -2.37. The number of hydrogen-bond acceptors (Lipinski definition) is 2. The molecule has 1 aliphatic carbocycles. The number of halogens is 1. The van der Waals surface area contributed by atoms with E-state index in [1.165, 1.54) is 5.56 Å². The first-order chi connectivity index (χ1) is 13.0. The van der Waals surface area contributed by atoms with E-state index < -0.39 is 0 Å². The Morgan fingerprint density at radius 1 is 1.11 bits per heavy atom. The molecule has 0 bridgehead atoms. The molecule has 27 heavy (non-hydrogen) atoms. The zero-order valence-corrected chi connectivity index (χ0v) is 17.1. The fourth-order valence-corrected chi connectivity index (χ4v) is 4.33. The quantitative estimate of drug-likeness (QED) is 0.699. The zero-order valence-electron chi connectivity index (χ0n) is 16.3. The standard InChI is InChI=1S/C24H30ClNO/c1-26(2)16-15-22(19-7-4-3-5-8-19)23-10-6-9-20(24(23)27)17-18-11-13-21(25)14-12-18/h3-5,7-8,11-14,17,22-24,27H,6,9-10,15-16H2,1-2H3. The van der Waals surface area contributed by atoms with Gasteiger partial charge < -0.3 is 10.0 Å². The van der Waals surface area contributed by atoms with Crippen molar-refractivity contribution in [2.75, 3.05) is 20.6 Å². The van der Waals surface area contributed by atoms with Crippen LogP contribution in [-0.4, -0.2) is 36.8 Å². The van der Waals surface area contributed by atoms with Gasteiger partial charge in [-0.1, -0.05) is 60.1 Å². The third-order valence-corrected chi connectivity index (χ3v) is 5.89. The van der Waals surface area contributed by atoms with Crippen molar-refractivity contribution in [3.63, 3.8) is 0 Å². The minimum absolute atomic E-state index is 0.264. The topological polar surface area (TPSA) is 23.5 Å². The molecule has 2 aromatic rings. The summed E-state index contributed by atoms with van der Waals surface area (Å²) >= 11 is 6.00. The van der Waals surface area contributed by atoms with Crippen LogP contribution in [0.3, 0.4) is 0 Å². The van der Waals surface area contributed by atoms with Gasteiger partial charge in [-0.25, -0.2) is 0 Å². The van der Waals surface area contributed by atoms with Crippen molar-refractivity contribution in [3.05, 3.63) is 76.3 Å². The van der Waals surface area contributed by atoms with Crippen LogP contribution >= 0.6 is 11.6 Å². The number of benzene rings is 2. The van der Waals surface area contributed by atoms with Gasteiger partial charge in [0, 0.05) is 5.02 Å². The van der Waals surface area contributed by atoms with Gasteiger partial charge in [-0.3, -0.25) is 0 Å². The molecule has 1 aliphatic rings. The minimum Gasteiger partial charge on any atom is -0.388 e. The highest BCUT2D eigenvalue weighted by Gasteiger charge is 2.34. The van der Waals surface area contributed by atoms with Crippen LogP contribution < -0.4 is 0 Å². The zero-order chi connectivity index (χ0) is 19.2. The van der Waals surface area contributed by atoms with Crippen LogP contribution in [0.15, 0.2) is 60.2 Å². The van der Waals surface area contributed by atoms with E-state index in [-0.39, 0.29) is 12.0 Å². The number of nitrogens with zero attached hydrogens (tertiary/aromatic N) is 1. The Bertz CT molecular complexity index is 739. The normalized spacial score (nSPS) is 22.9. The summed E-state index contributed by atoms with van der Waals surface area (Å²) in [6, 6.07) is 18.6. The Labute approximate surface area is 168 Å². The molecule has 1 saturated carbocycles. The predicted molar refractivity (Wildman–Crippen MR) is 115 cm³/mol. The summed E-state index contributed by atoms with van der Waals surface area (Å²) in [6.45, 7) is 1.03. The lowest BCUT2D eigenvalue weighted by molar-refractivity contribution is 0.0935. The van der Waals surface area contributed by atoms with Crippen LogP contribution in [-0.2, 0) is 0 Å². The Balaban J connectivity index is 1.84. The van der Waals surface area contributed by atoms with Gasteiger partial charge in [-0.05, 0) is 87.0 Å². The average Bonchev–Trinajstić information content (AvgIpc) is 2.67. The second-order valence-corrected chi connectivity index (χ2v) is 8.32. The summed E-state index contributed by atoms with van der Waals surface area (Å²) in [5.74, 6) is 0.636. The highest BCUT2D eigenvalue weighted by atomic mass is 35.5. The van der Waals surface area contributed by atoms with Crippen LogP contribution in [0.1, 0.15) is 42.7 Å². The molecule has 2 nitrogen and oxygen atoms in total. The SMILES string of the molecule is CN(C)CCC(c1ccccc1)C1CCCC(=Cc2ccc(Cl)cc2)C1O.